The molecule has 25 heavy (non-hydrogen) atoms. The first kappa shape index (κ1) is 16.9. The molecule has 0 fully saturated rings. The van der Waals surface area contributed by atoms with Crippen molar-refractivity contribution in [2.24, 2.45) is 5.73 Å². The minimum Gasteiger partial charge on any atom is -0.493 e. The second-order valence-corrected chi connectivity index (χ2v) is 5.60. The Morgan fingerprint density at radius 3 is 2.60 bits per heavy atom. The highest BCUT2D eigenvalue weighted by Gasteiger charge is 2.17. The molecule has 0 radical (unpaired) electrons. The fourth-order valence-corrected chi connectivity index (χ4v) is 2.65. The first-order valence-corrected chi connectivity index (χ1v) is 7.94. The number of methoxy groups -OCH3 is 2. The molecule has 0 amide bonds. The van der Waals surface area contributed by atoms with Crippen molar-refractivity contribution in [3.05, 3.63) is 59.8 Å². The fourth-order valence-electron chi connectivity index (χ4n) is 2.65. The van der Waals surface area contributed by atoms with Crippen LogP contribution in [0.2, 0.25) is 0 Å². The van der Waals surface area contributed by atoms with Crippen molar-refractivity contribution in [2.75, 3.05) is 14.2 Å². The van der Waals surface area contributed by atoms with E-state index in [2.05, 4.69) is 15.1 Å². The normalized spacial score (nSPS) is 12.0. The number of rotatable bonds is 6. The maximum absolute atomic E-state index is 6.40. The predicted molar refractivity (Wildman–Crippen MR) is 94.1 cm³/mol. The highest BCUT2D eigenvalue weighted by atomic mass is 16.5. The first-order valence-electron chi connectivity index (χ1n) is 7.94. The Balaban J connectivity index is 1.88. The Morgan fingerprint density at radius 1 is 1.12 bits per heavy atom. The van der Waals surface area contributed by atoms with Gasteiger partial charge in [-0.2, -0.15) is 4.68 Å². The summed E-state index contributed by atoms with van der Waals surface area (Å²) in [7, 11) is 3.21. The van der Waals surface area contributed by atoms with Crippen molar-refractivity contribution >= 4 is 0 Å². The highest BCUT2D eigenvalue weighted by Crippen LogP contribution is 2.30. The van der Waals surface area contributed by atoms with Crippen LogP contribution in [0.25, 0.3) is 5.82 Å². The molecule has 0 saturated heterocycles. The van der Waals surface area contributed by atoms with Crippen LogP contribution in [-0.2, 0) is 6.42 Å². The summed E-state index contributed by atoms with van der Waals surface area (Å²) >= 11 is 0. The summed E-state index contributed by atoms with van der Waals surface area (Å²) in [6.45, 7) is 1.85. The number of aryl methyl sites for hydroxylation is 1. The van der Waals surface area contributed by atoms with E-state index in [0.717, 1.165) is 17.2 Å². The second-order valence-electron chi connectivity index (χ2n) is 5.60. The van der Waals surface area contributed by atoms with Gasteiger partial charge in [-0.3, -0.25) is 0 Å². The van der Waals surface area contributed by atoms with Crippen molar-refractivity contribution in [3.8, 4) is 17.3 Å². The number of nitrogens with two attached hydrogens (primary N) is 1. The number of pyridine rings is 1. The lowest BCUT2D eigenvalue weighted by molar-refractivity contribution is 0.354. The molecule has 2 N–H and O–H groups in total. The average Bonchev–Trinajstić information content (AvgIpc) is 3.01. The van der Waals surface area contributed by atoms with Crippen LogP contribution in [0.1, 0.15) is 23.3 Å². The molecule has 1 aromatic carbocycles. The van der Waals surface area contributed by atoms with Crippen LogP contribution >= 0.6 is 0 Å². The minimum atomic E-state index is -0.258. The molecular weight excluding hydrogens is 318 g/mol. The van der Waals surface area contributed by atoms with Gasteiger partial charge in [0.2, 0.25) is 0 Å². The van der Waals surface area contributed by atoms with Gasteiger partial charge in [-0.1, -0.05) is 12.1 Å². The number of hydrogen-bond donors (Lipinski definition) is 1. The molecule has 0 aliphatic heterocycles. The zero-order valence-electron chi connectivity index (χ0n) is 14.5. The van der Waals surface area contributed by atoms with Crippen LogP contribution in [0.5, 0.6) is 11.5 Å². The van der Waals surface area contributed by atoms with Crippen molar-refractivity contribution in [3.63, 3.8) is 0 Å². The van der Waals surface area contributed by atoms with Crippen molar-refractivity contribution < 1.29 is 9.47 Å². The van der Waals surface area contributed by atoms with E-state index in [1.54, 1.807) is 25.1 Å². The average molecular weight is 339 g/mol. The van der Waals surface area contributed by atoms with Crippen LogP contribution in [0.4, 0.5) is 0 Å². The molecular formula is C18H21N5O2. The van der Waals surface area contributed by atoms with Gasteiger partial charge in [0.1, 0.15) is 11.6 Å². The number of nitrogens with zero attached hydrogens (tertiary/aromatic N) is 4. The molecule has 130 valence electrons. The third kappa shape index (κ3) is 3.61. The maximum Gasteiger partial charge on any atom is 0.161 e. The van der Waals surface area contributed by atoms with Crippen LogP contribution in [0.3, 0.4) is 0 Å². The molecule has 0 aliphatic carbocycles. The van der Waals surface area contributed by atoms with Gasteiger partial charge in [0.25, 0.3) is 0 Å². The Kier molecular flexibility index (Phi) is 4.95. The van der Waals surface area contributed by atoms with E-state index in [-0.39, 0.29) is 6.04 Å². The SMILES string of the molecule is COc1ccc([C@H](N)Cc2nc(C)nn2-c2ccccn2)cc1OC. The number of benzene rings is 1. The zero-order chi connectivity index (χ0) is 17.8. The summed E-state index contributed by atoms with van der Waals surface area (Å²) in [5, 5.41) is 4.43. The largest absolute Gasteiger partial charge is 0.493 e. The molecule has 2 aromatic heterocycles. The number of aromatic nitrogens is 4. The van der Waals surface area contributed by atoms with Crippen molar-refractivity contribution in [1.29, 1.82) is 0 Å². The lowest BCUT2D eigenvalue weighted by atomic mass is 10.0. The van der Waals surface area contributed by atoms with E-state index in [0.29, 0.717) is 23.7 Å². The molecule has 3 aromatic rings. The van der Waals surface area contributed by atoms with Crippen molar-refractivity contribution in [1.82, 2.24) is 19.7 Å². The topological polar surface area (TPSA) is 88.1 Å². The van der Waals surface area contributed by atoms with E-state index < -0.39 is 0 Å². The molecule has 7 nitrogen and oxygen atoms in total. The molecule has 0 unspecified atom stereocenters. The van der Waals surface area contributed by atoms with Crippen molar-refractivity contribution in [2.45, 2.75) is 19.4 Å². The molecule has 3 rings (SSSR count). The summed E-state index contributed by atoms with van der Waals surface area (Å²) in [6.07, 6.45) is 2.25. The van der Waals surface area contributed by atoms with Gasteiger partial charge in [-0.15, -0.1) is 5.10 Å². The summed E-state index contributed by atoms with van der Waals surface area (Å²) in [5.74, 6) is 3.49. The monoisotopic (exact) mass is 339 g/mol. The molecule has 2 heterocycles. The van der Waals surface area contributed by atoms with Crippen LogP contribution in [-0.4, -0.2) is 34.0 Å². The zero-order valence-corrected chi connectivity index (χ0v) is 14.5. The summed E-state index contributed by atoms with van der Waals surface area (Å²) < 4.78 is 12.4. The third-order valence-electron chi connectivity index (χ3n) is 3.88. The maximum atomic E-state index is 6.40. The standard InChI is InChI=1S/C18H21N5O2/c1-12-21-18(23(22-12)17-6-4-5-9-20-17)11-14(19)13-7-8-15(24-2)16(10-13)25-3/h4-10,14H,11,19H2,1-3H3/t14-/m1/s1. The minimum absolute atomic E-state index is 0.258. The van der Waals surface area contributed by atoms with Crippen LogP contribution in [0, 0.1) is 6.92 Å². The van der Waals surface area contributed by atoms with E-state index in [1.165, 1.54) is 0 Å². The Morgan fingerprint density at radius 2 is 1.92 bits per heavy atom. The quantitative estimate of drug-likeness (QED) is 0.741. The molecule has 7 heteroatoms. The van der Waals surface area contributed by atoms with E-state index in [4.69, 9.17) is 15.2 Å². The summed E-state index contributed by atoms with van der Waals surface area (Å²) in [4.78, 5) is 8.84. The van der Waals surface area contributed by atoms with E-state index >= 15 is 0 Å². The van der Waals surface area contributed by atoms with Gasteiger partial charge in [0.05, 0.1) is 14.2 Å². The first-order chi connectivity index (χ1) is 12.1. The van der Waals surface area contributed by atoms with E-state index in [9.17, 15) is 0 Å². The highest BCUT2D eigenvalue weighted by molar-refractivity contribution is 5.44. The summed E-state index contributed by atoms with van der Waals surface area (Å²) in [5.41, 5.74) is 7.34. The second kappa shape index (κ2) is 7.31. The Bertz CT molecular complexity index is 848. The smallest absolute Gasteiger partial charge is 0.161 e. The van der Waals surface area contributed by atoms with E-state index in [1.807, 2.05) is 43.3 Å². The van der Waals surface area contributed by atoms with Crippen LogP contribution in [0.15, 0.2) is 42.6 Å². The van der Waals surface area contributed by atoms with Gasteiger partial charge >= 0.3 is 0 Å². The Hall–Kier alpha value is -2.93. The molecule has 0 spiro atoms. The molecule has 0 saturated carbocycles. The van der Waals surface area contributed by atoms with Gasteiger partial charge < -0.3 is 15.2 Å². The number of hydrogen-bond acceptors (Lipinski definition) is 6. The van der Waals surface area contributed by atoms with Gasteiger partial charge in [-0.25, -0.2) is 9.97 Å². The lowest BCUT2D eigenvalue weighted by Crippen LogP contribution is -2.17. The Labute approximate surface area is 146 Å². The fraction of sp³-hybridized carbons (Fsp3) is 0.278. The van der Waals surface area contributed by atoms with Gasteiger partial charge in [0, 0.05) is 18.7 Å². The summed E-state index contributed by atoms with van der Waals surface area (Å²) in [6, 6.07) is 11.1. The lowest BCUT2D eigenvalue weighted by Gasteiger charge is -2.15. The third-order valence-corrected chi connectivity index (χ3v) is 3.88. The van der Waals surface area contributed by atoms with Crippen LogP contribution < -0.4 is 15.2 Å². The molecule has 0 bridgehead atoms. The predicted octanol–water partition coefficient (Wildman–Crippen LogP) is 2.23. The van der Waals surface area contributed by atoms with Gasteiger partial charge in [0.15, 0.2) is 17.3 Å². The van der Waals surface area contributed by atoms with Gasteiger partial charge in [-0.05, 0) is 36.8 Å². The number of ether oxygens (including phenoxy) is 2. The molecule has 1 atom stereocenters. The molecule has 0 aliphatic rings.